The molecule has 2 rings (SSSR count). The first-order valence-electron chi connectivity index (χ1n) is 8.75. The normalized spacial score (nSPS) is 23.2. The molecule has 1 aromatic carbocycles. The van der Waals surface area contributed by atoms with Crippen LogP contribution in [0.2, 0.25) is 0 Å². The average Bonchev–Trinajstić information content (AvgIpc) is 2.64. The van der Waals surface area contributed by atoms with Crippen LogP contribution in [-0.4, -0.2) is 57.2 Å². The van der Waals surface area contributed by atoms with Crippen molar-refractivity contribution in [3.05, 3.63) is 24.3 Å². The monoisotopic (exact) mass is 395 g/mol. The minimum absolute atomic E-state index is 0.0668. The molecule has 0 aromatic heterocycles. The van der Waals surface area contributed by atoms with Gasteiger partial charge in [-0.15, -0.1) is 5.92 Å². The zero-order valence-electron chi connectivity index (χ0n) is 16.0. The Hall–Kier alpha value is -2.08. The molecular weight excluding hydrogens is 370 g/mol. The standard InChI is InChI=1S/C19H25NO6S/c1-5-6-7-12-25-16-8-10-17(11-9-16)27(22,23)20-13-14(2)26-15(3)18(20)19(21)24-4/h8-11,14-15,18H,5,12-13H2,1-4H3. The fraction of sp³-hybridized carbons (Fsp3) is 0.526. The van der Waals surface area contributed by atoms with Gasteiger partial charge in [0.25, 0.3) is 0 Å². The molecule has 1 saturated heterocycles. The number of nitrogens with zero attached hydrogens (tertiary/aromatic N) is 1. The molecule has 0 saturated carbocycles. The van der Waals surface area contributed by atoms with Gasteiger partial charge >= 0.3 is 5.97 Å². The van der Waals surface area contributed by atoms with Crippen LogP contribution in [0.25, 0.3) is 0 Å². The number of ether oxygens (including phenoxy) is 3. The van der Waals surface area contributed by atoms with Gasteiger partial charge in [0.1, 0.15) is 18.4 Å². The van der Waals surface area contributed by atoms with Crippen LogP contribution in [0.5, 0.6) is 5.75 Å². The van der Waals surface area contributed by atoms with E-state index in [1.54, 1.807) is 26.0 Å². The number of benzene rings is 1. The average molecular weight is 395 g/mol. The van der Waals surface area contributed by atoms with Crippen LogP contribution in [0.15, 0.2) is 29.2 Å². The second-order valence-corrected chi connectivity index (χ2v) is 8.05. The molecule has 0 amide bonds. The van der Waals surface area contributed by atoms with Crippen LogP contribution in [0, 0.1) is 11.8 Å². The molecule has 8 heteroatoms. The second kappa shape index (κ2) is 9.22. The summed E-state index contributed by atoms with van der Waals surface area (Å²) in [5.74, 6) is 5.62. The number of morpholine rings is 1. The van der Waals surface area contributed by atoms with Crippen molar-refractivity contribution in [2.24, 2.45) is 0 Å². The van der Waals surface area contributed by atoms with Crippen LogP contribution in [0.4, 0.5) is 0 Å². The van der Waals surface area contributed by atoms with E-state index in [0.29, 0.717) is 5.75 Å². The molecule has 1 aliphatic rings. The Morgan fingerprint density at radius 2 is 1.93 bits per heavy atom. The van der Waals surface area contributed by atoms with Gasteiger partial charge in [0.15, 0.2) is 0 Å². The zero-order chi connectivity index (χ0) is 20.0. The first-order chi connectivity index (χ1) is 12.8. The van der Waals surface area contributed by atoms with Gasteiger partial charge in [-0.3, -0.25) is 4.79 Å². The molecule has 0 radical (unpaired) electrons. The highest BCUT2D eigenvalue weighted by Crippen LogP contribution is 2.27. The Labute approximate surface area is 160 Å². The lowest BCUT2D eigenvalue weighted by Crippen LogP contribution is -2.58. The second-order valence-electron chi connectivity index (χ2n) is 6.16. The summed E-state index contributed by atoms with van der Waals surface area (Å²) < 4.78 is 43.3. The number of carbonyl (C=O) groups excluding carboxylic acids is 1. The third kappa shape index (κ3) is 5.01. The van der Waals surface area contributed by atoms with Crippen LogP contribution in [0.3, 0.4) is 0 Å². The van der Waals surface area contributed by atoms with Crippen LogP contribution >= 0.6 is 0 Å². The predicted octanol–water partition coefficient (Wildman–Crippen LogP) is 1.82. The SMILES string of the molecule is CCC#CCOc1ccc(S(=O)(=O)N2CC(C)OC(C)C2C(=O)OC)cc1. The smallest absolute Gasteiger partial charge is 0.326 e. The van der Waals surface area contributed by atoms with Crippen LogP contribution in [0.1, 0.15) is 27.2 Å². The molecule has 27 heavy (non-hydrogen) atoms. The lowest BCUT2D eigenvalue weighted by atomic mass is 10.1. The predicted molar refractivity (Wildman–Crippen MR) is 99.7 cm³/mol. The summed E-state index contributed by atoms with van der Waals surface area (Å²) in [5, 5.41) is 0. The van der Waals surface area contributed by atoms with Gasteiger partial charge < -0.3 is 14.2 Å². The highest BCUT2D eigenvalue weighted by atomic mass is 32.2. The molecule has 148 valence electrons. The van der Waals surface area contributed by atoms with E-state index in [-0.39, 0.29) is 24.2 Å². The summed E-state index contributed by atoms with van der Waals surface area (Å²) >= 11 is 0. The number of sulfonamides is 1. The summed E-state index contributed by atoms with van der Waals surface area (Å²) in [6.07, 6.45) is -0.204. The Bertz CT molecular complexity index is 809. The number of methoxy groups -OCH3 is 1. The maximum absolute atomic E-state index is 13.1. The molecule has 7 nitrogen and oxygen atoms in total. The van der Waals surface area contributed by atoms with Crippen molar-refractivity contribution in [3.8, 4) is 17.6 Å². The van der Waals surface area contributed by atoms with Gasteiger partial charge in [-0.2, -0.15) is 4.31 Å². The van der Waals surface area contributed by atoms with Gasteiger partial charge in [0, 0.05) is 13.0 Å². The summed E-state index contributed by atoms with van der Waals surface area (Å²) in [6.45, 7) is 5.68. The van der Waals surface area contributed by atoms with Crippen LogP contribution < -0.4 is 4.74 Å². The molecule has 1 aliphatic heterocycles. The topological polar surface area (TPSA) is 82.1 Å². The highest BCUT2D eigenvalue weighted by Gasteiger charge is 2.45. The summed E-state index contributed by atoms with van der Waals surface area (Å²) in [6, 6.07) is 5.02. The minimum atomic E-state index is -3.91. The molecule has 1 fully saturated rings. The van der Waals surface area contributed by atoms with E-state index in [1.807, 2.05) is 6.92 Å². The Morgan fingerprint density at radius 3 is 2.52 bits per heavy atom. The number of carbonyl (C=O) groups is 1. The van der Waals surface area contributed by atoms with Gasteiger partial charge in [0.2, 0.25) is 10.0 Å². The number of esters is 1. The number of rotatable bonds is 5. The summed E-state index contributed by atoms with van der Waals surface area (Å²) in [5.41, 5.74) is 0. The minimum Gasteiger partial charge on any atom is -0.481 e. The molecule has 0 aliphatic carbocycles. The Balaban J connectivity index is 2.25. The van der Waals surface area contributed by atoms with Crippen molar-refractivity contribution in [2.45, 2.75) is 50.3 Å². The molecule has 0 bridgehead atoms. The molecule has 0 spiro atoms. The molecule has 1 aromatic rings. The molecule has 0 N–H and O–H groups in total. The van der Waals surface area contributed by atoms with Crippen molar-refractivity contribution in [1.82, 2.24) is 4.31 Å². The van der Waals surface area contributed by atoms with E-state index in [4.69, 9.17) is 14.2 Å². The van der Waals surface area contributed by atoms with Gasteiger partial charge in [-0.1, -0.05) is 12.8 Å². The number of hydrogen-bond acceptors (Lipinski definition) is 6. The van der Waals surface area contributed by atoms with Gasteiger partial charge in [0.05, 0.1) is 24.2 Å². The van der Waals surface area contributed by atoms with E-state index in [1.165, 1.54) is 19.2 Å². The van der Waals surface area contributed by atoms with Crippen LogP contribution in [-0.2, 0) is 24.3 Å². The highest BCUT2D eigenvalue weighted by molar-refractivity contribution is 7.89. The van der Waals surface area contributed by atoms with E-state index in [0.717, 1.165) is 10.7 Å². The number of hydrogen-bond donors (Lipinski definition) is 0. The zero-order valence-corrected chi connectivity index (χ0v) is 16.8. The Kier molecular flexibility index (Phi) is 7.25. The van der Waals surface area contributed by atoms with Crippen molar-refractivity contribution < 1.29 is 27.4 Å². The maximum Gasteiger partial charge on any atom is 0.326 e. The third-order valence-corrected chi connectivity index (χ3v) is 5.99. The van der Waals surface area contributed by atoms with Crippen molar-refractivity contribution in [2.75, 3.05) is 20.3 Å². The van der Waals surface area contributed by atoms with Gasteiger partial charge in [-0.25, -0.2) is 8.42 Å². The molecule has 3 atom stereocenters. The van der Waals surface area contributed by atoms with E-state index < -0.39 is 28.1 Å². The van der Waals surface area contributed by atoms with Crippen molar-refractivity contribution in [3.63, 3.8) is 0 Å². The van der Waals surface area contributed by atoms with Crippen molar-refractivity contribution >= 4 is 16.0 Å². The lowest BCUT2D eigenvalue weighted by Gasteiger charge is -2.39. The van der Waals surface area contributed by atoms with Crippen molar-refractivity contribution in [1.29, 1.82) is 0 Å². The lowest BCUT2D eigenvalue weighted by molar-refractivity contribution is -0.158. The first kappa shape index (κ1) is 21.2. The quantitative estimate of drug-likeness (QED) is 0.559. The van der Waals surface area contributed by atoms with Gasteiger partial charge in [-0.05, 0) is 38.1 Å². The summed E-state index contributed by atoms with van der Waals surface area (Å²) in [4.78, 5) is 12.2. The molecule has 1 heterocycles. The largest absolute Gasteiger partial charge is 0.481 e. The first-order valence-corrected chi connectivity index (χ1v) is 10.2. The fourth-order valence-corrected chi connectivity index (χ4v) is 4.61. The molecule has 3 unspecified atom stereocenters. The van der Waals surface area contributed by atoms with E-state index >= 15 is 0 Å². The van der Waals surface area contributed by atoms with E-state index in [2.05, 4.69) is 11.8 Å². The third-order valence-electron chi connectivity index (χ3n) is 4.12. The van der Waals surface area contributed by atoms with E-state index in [9.17, 15) is 13.2 Å². The Morgan fingerprint density at radius 1 is 1.26 bits per heavy atom. The molecular formula is C19H25NO6S. The maximum atomic E-state index is 13.1. The fourth-order valence-electron chi connectivity index (χ4n) is 2.90. The summed E-state index contributed by atoms with van der Waals surface area (Å²) in [7, 11) is -2.68.